The van der Waals surface area contributed by atoms with Crippen molar-refractivity contribution in [2.75, 3.05) is 6.54 Å². The van der Waals surface area contributed by atoms with Gasteiger partial charge in [0.25, 0.3) is 0 Å². The number of aromatic nitrogens is 3. The molecule has 4 nitrogen and oxygen atoms in total. The van der Waals surface area contributed by atoms with Gasteiger partial charge >= 0.3 is 0 Å². The van der Waals surface area contributed by atoms with E-state index in [-0.39, 0.29) is 28.8 Å². The molecule has 3 heterocycles. The summed E-state index contributed by atoms with van der Waals surface area (Å²) in [4.78, 5) is 3.93. The van der Waals surface area contributed by atoms with Gasteiger partial charge in [-0.15, -0.1) is 12.4 Å². The smallest absolute Gasteiger partial charge is 0.197 e. The maximum absolute atomic E-state index is 13.5. The fourth-order valence-corrected chi connectivity index (χ4v) is 2.65. The molecule has 19 heavy (non-hydrogen) atoms. The van der Waals surface area contributed by atoms with Crippen LogP contribution in [0.2, 0.25) is 10.3 Å². The minimum Gasteiger partial charge on any atom is -0.309 e. The Hall–Kier alpha value is -0.620. The number of piperidine rings is 1. The molecule has 1 atom stereocenters. The van der Waals surface area contributed by atoms with Crippen molar-refractivity contribution in [2.24, 2.45) is 0 Å². The number of fused-ring (bicyclic) bond motifs is 1. The van der Waals surface area contributed by atoms with Crippen LogP contribution in [0, 0.1) is 5.82 Å². The Morgan fingerprint density at radius 2 is 2.16 bits per heavy atom. The van der Waals surface area contributed by atoms with Gasteiger partial charge in [0.15, 0.2) is 21.8 Å². The monoisotopic (exact) mass is 324 g/mol. The third-order valence-electron chi connectivity index (χ3n) is 3.14. The zero-order valence-corrected chi connectivity index (χ0v) is 12.2. The Bertz CT molecular complexity index is 595. The lowest BCUT2D eigenvalue weighted by molar-refractivity contribution is 0.404. The molecule has 104 valence electrons. The minimum atomic E-state index is -0.739. The van der Waals surface area contributed by atoms with E-state index in [0.717, 1.165) is 25.1 Å². The molecule has 1 N–H and O–H groups in total. The van der Waals surface area contributed by atoms with E-state index in [1.807, 2.05) is 0 Å². The largest absolute Gasteiger partial charge is 0.309 e. The van der Waals surface area contributed by atoms with Gasteiger partial charge in [-0.05, 0) is 19.4 Å². The highest BCUT2D eigenvalue weighted by Crippen LogP contribution is 2.26. The fourth-order valence-electron chi connectivity index (χ4n) is 2.22. The third-order valence-corrected chi connectivity index (χ3v) is 3.71. The first-order chi connectivity index (χ1) is 8.66. The highest BCUT2D eigenvalue weighted by Gasteiger charge is 2.20. The highest BCUT2D eigenvalue weighted by molar-refractivity contribution is 6.33. The molecule has 0 saturated carbocycles. The van der Waals surface area contributed by atoms with E-state index in [4.69, 9.17) is 23.2 Å². The molecule has 0 aliphatic carbocycles. The predicted octanol–water partition coefficient (Wildman–Crippen LogP) is 3.41. The first kappa shape index (κ1) is 14.8. The van der Waals surface area contributed by atoms with Crippen LogP contribution < -0.4 is 5.32 Å². The first-order valence-electron chi connectivity index (χ1n) is 5.80. The van der Waals surface area contributed by atoms with E-state index in [0.29, 0.717) is 5.65 Å². The summed E-state index contributed by atoms with van der Waals surface area (Å²) in [5, 5.41) is 7.31. The number of nitrogens with zero attached hydrogens (tertiary/aromatic N) is 3. The SMILES string of the molecule is Cl.Fc1c(Cl)nc2cc([C@@H]3CCCCN3)nn2c1Cl. The second-order valence-electron chi connectivity index (χ2n) is 4.35. The third kappa shape index (κ3) is 2.65. The molecule has 1 aliphatic rings. The molecule has 8 heteroatoms. The molecule has 2 aromatic heterocycles. The summed E-state index contributed by atoms with van der Waals surface area (Å²) in [5.74, 6) is -0.739. The number of nitrogens with one attached hydrogen (secondary N) is 1. The highest BCUT2D eigenvalue weighted by atomic mass is 35.5. The number of halogens is 4. The maximum atomic E-state index is 13.5. The summed E-state index contributed by atoms with van der Waals surface area (Å²) in [6.07, 6.45) is 3.34. The summed E-state index contributed by atoms with van der Waals surface area (Å²) < 4.78 is 14.8. The van der Waals surface area contributed by atoms with Crippen LogP contribution in [0.1, 0.15) is 31.0 Å². The van der Waals surface area contributed by atoms with Gasteiger partial charge in [-0.25, -0.2) is 13.9 Å². The normalized spacial score (nSPS) is 19.4. The summed E-state index contributed by atoms with van der Waals surface area (Å²) in [7, 11) is 0. The van der Waals surface area contributed by atoms with E-state index in [2.05, 4.69) is 15.4 Å². The molecular formula is C11H12Cl3FN4. The lowest BCUT2D eigenvalue weighted by atomic mass is 10.0. The van der Waals surface area contributed by atoms with E-state index in [1.165, 1.54) is 10.9 Å². The molecule has 0 radical (unpaired) electrons. The Kier molecular flexibility index (Phi) is 4.50. The van der Waals surface area contributed by atoms with Crippen molar-refractivity contribution in [3.63, 3.8) is 0 Å². The van der Waals surface area contributed by atoms with E-state index in [1.54, 1.807) is 6.07 Å². The van der Waals surface area contributed by atoms with Crippen molar-refractivity contribution in [3.8, 4) is 0 Å². The van der Waals surface area contributed by atoms with Gasteiger partial charge < -0.3 is 5.32 Å². The van der Waals surface area contributed by atoms with Crippen molar-refractivity contribution >= 4 is 41.3 Å². The number of rotatable bonds is 1. The summed E-state index contributed by atoms with van der Waals surface area (Å²) in [6.45, 7) is 0.967. The average Bonchev–Trinajstić information content (AvgIpc) is 2.81. The molecule has 1 aliphatic heterocycles. The van der Waals surface area contributed by atoms with Crippen LogP contribution in [-0.2, 0) is 0 Å². The number of hydrogen-bond donors (Lipinski definition) is 1. The van der Waals surface area contributed by atoms with Crippen LogP contribution in [-0.4, -0.2) is 21.1 Å². The quantitative estimate of drug-likeness (QED) is 0.817. The molecular weight excluding hydrogens is 314 g/mol. The lowest BCUT2D eigenvalue weighted by Gasteiger charge is -2.21. The molecule has 3 rings (SSSR count). The van der Waals surface area contributed by atoms with Gasteiger partial charge in [-0.2, -0.15) is 5.10 Å². The van der Waals surface area contributed by atoms with Crippen molar-refractivity contribution in [1.29, 1.82) is 0 Å². The van der Waals surface area contributed by atoms with Gasteiger partial charge in [-0.3, -0.25) is 0 Å². The van der Waals surface area contributed by atoms with Crippen LogP contribution >= 0.6 is 35.6 Å². The van der Waals surface area contributed by atoms with Crippen molar-refractivity contribution < 1.29 is 4.39 Å². The Labute approximate surface area is 125 Å². The second kappa shape index (κ2) is 5.79. The van der Waals surface area contributed by atoms with Crippen molar-refractivity contribution in [1.82, 2.24) is 19.9 Å². The standard InChI is InChI=1S/C11H11Cl2FN4.ClH/c12-10-9(14)11(13)18-8(16-10)5-7(17-18)6-3-1-2-4-15-6;/h5-6,15H,1-4H2;1H/t6-;/m0./s1. The first-order valence-corrected chi connectivity index (χ1v) is 6.56. The Balaban J connectivity index is 0.00000133. The second-order valence-corrected chi connectivity index (χ2v) is 5.07. The minimum absolute atomic E-state index is 0. The summed E-state index contributed by atoms with van der Waals surface area (Å²) >= 11 is 11.5. The molecule has 0 bridgehead atoms. The fraction of sp³-hybridized carbons (Fsp3) is 0.455. The summed E-state index contributed by atoms with van der Waals surface area (Å²) in [6, 6.07) is 1.97. The van der Waals surface area contributed by atoms with Crippen LogP contribution in [0.25, 0.3) is 5.65 Å². The van der Waals surface area contributed by atoms with E-state index in [9.17, 15) is 4.39 Å². The van der Waals surface area contributed by atoms with Gasteiger partial charge in [0.2, 0.25) is 0 Å². The van der Waals surface area contributed by atoms with Gasteiger partial charge in [0, 0.05) is 6.07 Å². The van der Waals surface area contributed by atoms with Crippen LogP contribution in [0.4, 0.5) is 4.39 Å². The number of hydrogen-bond acceptors (Lipinski definition) is 3. The summed E-state index contributed by atoms with van der Waals surface area (Å²) in [5.41, 5.74) is 1.29. The van der Waals surface area contributed by atoms with Gasteiger partial charge in [-0.1, -0.05) is 29.6 Å². The Morgan fingerprint density at radius 1 is 1.37 bits per heavy atom. The molecule has 0 amide bonds. The molecule has 1 fully saturated rings. The Morgan fingerprint density at radius 3 is 2.84 bits per heavy atom. The molecule has 2 aromatic rings. The van der Waals surface area contributed by atoms with Gasteiger partial charge in [0.05, 0.1) is 11.7 Å². The van der Waals surface area contributed by atoms with Crippen molar-refractivity contribution in [3.05, 3.63) is 27.9 Å². The van der Waals surface area contributed by atoms with Crippen LogP contribution in [0.5, 0.6) is 0 Å². The van der Waals surface area contributed by atoms with Crippen LogP contribution in [0.15, 0.2) is 6.07 Å². The zero-order valence-electron chi connectivity index (χ0n) is 9.87. The zero-order chi connectivity index (χ0) is 12.7. The van der Waals surface area contributed by atoms with Crippen molar-refractivity contribution in [2.45, 2.75) is 25.3 Å². The molecule has 1 saturated heterocycles. The van der Waals surface area contributed by atoms with Gasteiger partial charge in [0.1, 0.15) is 0 Å². The van der Waals surface area contributed by atoms with E-state index < -0.39 is 5.82 Å². The molecule has 0 spiro atoms. The average molecular weight is 326 g/mol. The predicted molar refractivity (Wildman–Crippen MR) is 74.8 cm³/mol. The lowest BCUT2D eigenvalue weighted by Crippen LogP contribution is -2.27. The van der Waals surface area contributed by atoms with E-state index >= 15 is 0 Å². The molecule has 0 unspecified atom stereocenters. The maximum Gasteiger partial charge on any atom is 0.197 e. The van der Waals surface area contributed by atoms with Crippen LogP contribution in [0.3, 0.4) is 0 Å². The molecule has 0 aromatic carbocycles. The topological polar surface area (TPSA) is 42.2 Å².